The van der Waals surface area contributed by atoms with E-state index >= 15 is 0 Å². The lowest BCUT2D eigenvalue weighted by Gasteiger charge is -2.05. The van der Waals surface area contributed by atoms with Crippen LogP contribution in [0, 0.1) is 0 Å². The molecule has 2 rings (SSSR count). The summed E-state index contributed by atoms with van der Waals surface area (Å²) in [6, 6.07) is 2.20. The third-order valence-electron chi connectivity index (χ3n) is 2.45. The molecule has 0 atom stereocenters. The average Bonchev–Trinajstić information content (AvgIpc) is 2.79. The molecule has 0 aliphatic rings. The molecule has 0 fully saturated rings. The van der Waals surface area contributed by atoms with Crippen molar-refractivity contribution in [2.75, 3.05) is 0 Å². The van der Waals surface area contributed by atoms with Crippen LogP contribution in [-0.4, -0.2) is 19.6 Å². The zero-order valence-corrected chi connectivity index (χ0v) is 13.1. The van der Waals surface area contributed by atoms with Crippen LogP contribution in [0.15, 0.2) is 32.2 Å². The predicted octanol–water partition coefficient (Wildman–Crippen LogP) is 2.59. The molecule has 0 amide bonds. The van der Waals surface area contributed by atoms with Crippen molar-refractivity contribution in [3.63, 3.8) is 0 Å². The highest BCUT2D eigenvalue weighted by Gasteiger charge is 2.09. The number of aromatic nitrogens is 4. The van der Waals surface area contributed by atoms with Crippen molar-refractivity contribution in [2.24, 2.45) is 0 Å². The quantitative estimate of drug-likeness (QED) is 0.828. The molecule has 5 nitrogen and oxygen atoms in total. The van der Waals surface area contributed by atoms with Gasteiger partial charge in [0.2, 0.25) is 0 Å². The molecule has 7 heteroatoms. The summed E-state index contributed by atoms with van der Waals surface area (Å²) in [7, 11) is 0. The van der Waals surface area contributed by atoms with Gasteiger partial charge in [-0.15, -0.1) is 0 Å². The molecule has 0 aliphatic carbocycles. The van der Waals surface area contributed by atoms with E-state index in [1.807, 2.05) is 16.9 Å². The third kappa shape index (κ3) is 2.72. The molecule has 0 saturated carbocycles. The second-order valence-corrected chi connectivity index (χ2v) is 5.80. The summed E-state index contributed by atoms with van der Waals surface area (Å²) in [5, 5.41) is 8.45. The fourth-order valence-corrected chi connectivity index (χ4v) is 2.03. The van der Waals surface area contributed by atoms with Crippen LogP contribution in [0.4, 0.5) is 0 Å². The zero-order chi connectivity index (χ0) is 13.3. The van der Waals surface area contributed by atoms with E-state index < -0.39 is 0 Å². The van der Waals surface area contributed by atoms with Crippen molar-refractivity contribution >= 4 is 31.9 Å². The Morgan fingerprint density at radius 3 is 2.72 bits per heavy atom. The topological polar surface area (TPSA) is 52.7 Å². The minimum atomic E-state index is -0.177. The van der Waals surface area contributed by atoms with Crippen molar-refractivity contribution in [2.45, 2.75) is 26.4 Å². The standard InChI is InChI=1S/C11H12Br2N4O/c1-7(2)16-4-3-8(15-16)6-17-11(18)10(13)9(12)5-14-17/h3-5,7H,6H2,1-2H3. The molecule has 0 N–H and O–H groups in total. The van der Waals surface area contributed by atoms with Crippen LogP contribution in [0.3, 0.4) is 0 Å². The number of hydrogen-bond acceptors (Lipinski definition) is 3. The van der Waals surface area contributed by atoms with E-state index in [1.165, 1.54) is 4.68 Å². The molecule has 2 aromatic heterocycles. The highest BCUT2D eigenvalue weighted by atomic mass is 79.9. The summed E-state index contributed by atoms with van der Waals surface area (Å²) in [5.41, 5.74) is 0.635. The van der Waals surface area contributed by atoms with Gasteiger partial charge in [-0.2, -0.15) is 10.2 Å². The molecule has 0 spiro atoms. The Morgan fingerprint density at radius 1 is 1.39 bits per heavy atom. The minimum absolute atomic E-state index is 0.177. The van der Waals surface area contributed by atoms with Crippen LogP contribution in [0.5, 0.6) is 0 Å². The summed E-state index contributed by atoms with van der Waals surface area (Å²) >= 11 is 6.47. The SMILES string of the molecule is CC(C)n1ccc(Cn2ncc(Br)c(Br)c2=O)n1. The van der Waals surface area contributed by atoms with Gasteiger partial charge < -0.3 is 0 Å². The minimum Gasteiger partial charge on any atom is -0.270 e. The van der Waals surface area contributed by atoms with E-state index in [4.69, 9.17) is 0 Å². The van der Waals surface area contributed by atoms with E-state index in [1.54, 1.807) is 6.20 Å². The van der Waals surface area contributed by atoms with Crippen LogP contribution in [0.25, 0.3) is 0 Å². The van der Waals surface area contributed by atoms with Crippen LogP contribution < -0.4 is 5.56 Å². The van der Waals surface area contributed by atoms with Gasteiger partial charge in [0.15, 0.2) is 0 Å². The van der Waals surface area contributed by atoms with Gasteiger partial charge in [0.1, 0.15) is 4.47 Å². The van der Waals surface area contributed by atoms with E-state index in [-0.39, 0.29) is 5.56 Å². The van der Waals surface area contributed by atoms with Crippen LogP contribution in [-0.2, 0) is 6.54 Å². The molecular formula is C11H12Br2N4O. The molecule has 96 valence electrons. The van der Waals surface area contributed by atoms with Crippen LogP contribution in [0.1, 0.15) is 25.6 Å². The number of rotatable bonds is 3. The Bertz CT molecular complexity index is 618. The fourth-order valence-electron chi connectivity index (χ4n) is 1.46. The van der Waals surface area contributed by atoms with Crippen molar-refractivity contribution in [1.29, 1.82) is 0 Å². The van der Waals surface area contributed by atoms with Crippen molar-refractivity contribution < 1.29 is 0 Å². The molecule has 2 heterocycles. The van der Waals surface area contributed by atoms with Gasteiger partial charge >= 0.3 is 0 Å². The molecule has 0 aliphatic heterocycles. The number of halogens is 2. The van der Waals surface area contributed by atoms with Crippen molar-refractivity contribution in [1.82, 2.24) is 19.6 Å². The Hall–Kier alpha value is -0.950. The number of hydrogen-bond donors (Lipinski definition) is 0. The first-order valence-electron chi connectivity index (χ1n) is 5.44. The Morgan fingerprint density at radius 2 is 2.11 bits per heavy atom. The first-order valence-corrected chi connectivity index (χ1v) is 7.03. The third-order valence-corrected chi connectivity index (χ3v) is 4.35. The lowest BCUT2D eigenvalue weighted by atomic mass is 10.4. The summed E-state index contributed by atoms with van der Waals surface area (Å²) in [6.07, 6.45) is 3.49. The molecule has 0 bridgehead atoms. The predicted molar refractivity (Wildman–Crippen MR) is 75.6 cm³/mol. The molecule has 0 unspecified atom stereocenters. The summed E-state index contributed by atoms with van der Waals surface area (Å²) < 4.78 is 4.35. The van der Waals surface area contributed by atoms with Gasteiger partial charge in [0, 0.05) is 12.2 Å². The monoisotopic (exact) mass is 374 g/mol. The zero-order valence-electron chi connectivity index (χ0n) is 9.97. The van der Waals surface area contributed by atoms with E-state index in [0.717, 1.165) is 5.69 Å². The second kappa shape index (κ2) is 5.36. The lowest BCUT2D eigenvalue weighted by Crippen LogP contribution is -2.24. The molecule has 18 heavy (non-hydrogen) atoms. The summed E-state index contributed by atoms with van der Waals surface area (Å²) in [5.74, 6) is 0. The van der Waals surface area contributed by atoms with Gasteiger partial charge in [0.25, 0.3) is 5.56 Å². The fraction of sp³-hybridized carbons (Fsp3) is 0.364. The van der Waals surface area contributed by atoms with Gasteiger partial charge in [-0.25, -0.2) is 4.68 Å². The highest BCUT2D eigenvalue weighted by Crippen LogP contribution is 2.16. The number of nitrogens with zero attached hydrogens (tertiary/aromatic N) is 4. The van der Waals surface area contributed by atoms with Crippen molar-refractivity contribution in [3.8, 4) is 0 Å². The Balaban J connectivity index is 2.29. The van der Waals surface area contributed by atoms with Gasteiger partial charge in [-0.1, -0.05) is 0 Å². The van der Waals surface area contributed by atoms with Gasteiger partial charge in [-0.3, -0.25) is 9.48 Å². The maximum absolute atomic E-state index is 11.9. The second-order valence-electron chi connectivity index (χ2n) is 4.15. The first-order chi connectivity index (χ1) is 8.49. The maximum atomic E-state index is 11.9. The maximum Gasteiger partial charge on any atom is 0.282 e. The normalized spacial score (nSPS) is 11.2. The smallest absolute Gasteiger partial charge is 0.270 e. The van der Waals surface area contributed by atoms with Crippen LogP contribution >= 0.6 is 31.9 Å². The molecule has 0 radical (unpaired) electrons. The van der Waals surface area contributed by atoms with Gasteiger partial charge in [0.05, 0.1) is 22.9 Å². The van der Waals surface area contributed by atoms with E-state index in [2.05, 4.69) is 55.9 Å². The van der Waals surface area contributed by atoms with E-state index in [9.17, 15) is 4.79 Å². The summed E-state index contributed by atoms with van der Waals surface area (Å²) in [6.45, 7) is 4.47. The summed E-state index contributed by atoms with van der Waals surface area (Å²) in [4.78, 5) is 11.9. The molecule has 0 aromatic carbocycles. The van der Waals surface area contributed by atoms with Crippen molar-refractivity contribution in [3.05, 3.63) is 43.5 Å². The molecule has 0 saturated heterocycles. The average molecular weight is 376 g/mol. The molecular weight excluding hydrogens is 364 g/mol. The highest BCUT2D eigenvalue weighted by molar-refractivity contribution is 9.13. The van der Waals surface area contributed by atoms with Crippen LogP contribution in [0.2, 0.25) is 0 Å². The Kier molecular flexibility index (Phi) is 4.01. The lowest BCUT2D eigenvalue weighted by molar-refractivity contribution is 0.518. The molecule has 2 aromatic rings. The van der Waals surface area contributed by atoms with E-state index in [0.29, 0.717) is 21.5 Å². The Labute approximate surface area is 121 Å². The van der Waals surface area contributed by atoms with Gasteiger partial charge in [-0.05, 0) is 51.8 Å². The largest absolute Gasteiger partial charge is 0.282 e. The first kappa shape index (κ1) is 13.5.